The van der Waals surface area contributed by atoms with Crippen LogP contribution in [0, 0.1) is 6.92 Å². The van der Waals surface area contributed by atoms with Gasteiger partial charge in [0.2, 0.25) is 0 Å². The molecular weight excluding hydrogens is 346 g/mol. The normalized spacial score (nSPS) is 12.6. The van der Waals surface area contributed by atoms with E-state index in [1.165, 1.54) is 10.1 Å². The van der Waals surface area contributed by atoms with E-state index in [9.17, 15) is 0 Å². The molecule has 1 unspecified atom stereocenters. The number of hydrogen-bond acceptors (Lipinski definition) is 3. The third-order valence-corrected chi connectivity index (χ3v) is 5.53. The Morgan fingerprint density at radius 2 is 1.95 bits per heavy atom. The minimum Gasteiger partial charge on any atom is -0.496 e. The minimum absolute atomic E-state index is 0.201. The Labute approximate surface area is 136 Å². The Morgan fingerprint density at radius 1 is 1.19 bits per heavy atom. The molecule has 108 valence electrons. The zero-order chi connectivity index (χ0) is 15.0. The summed E-state index contributed by atoms with van der Waals surface area (Å²) in [5.74, 6) is 0.832. The largest absolute Gasteiger partial charge is 0.496 e. The van der Waals surface area contributed by atoms with E-state index >= 15 is 0 Å². The van der Waals surface area contributed by atoms with E-state index in [0.717, 1.165) is 26.9 Å². The van der Waals surface area contributed by atoms with Gasteiger partial charge >= 0.3 is 0 Å². The molecule has 0 aliphatic carbocycles. The summed E-state index contributed by atoms with van der Waals surface area (Å²) in [5, 5.41) is 3.36. The van der Waals surface area contributed by atoms with Gasteiger partial charge in [-0.1, -0.05) is 34.1 Å². The van der Waals surface area contributed by atoms with Crippen LogP contribution in [0.3, 0.4) is 0 Å². The van der Waals surface area contributed by atoms with Crippen LogP contribution >= 0.6 is 27.3 Å². The summed E-state index contributed by atoms with van der Waals surface area (Å²) in [6.45, 7) is 2.04. The topological polar surface area (TPSA) is 35.2 Å². The highest BCUT2D eigenvalue weighted by molar-refractivity contribution is 9.10. The molecule has 21 heavy (non-hydrogen) atoms. The maximum absolute atomic E-state index is 6.53. The highest BCUT2D eigenvalue weighted by atomic mass is 79.9. The summed E-state index contributed by atoms with van der Waals surface area (Å²) in [7, 11) is 1.69. The van der Waals surface area contributed by atoms with E-state index in [-0.39, 0.29) is 6.04 Å². The maximum atomic E-state index is 6.53. The number of fused-ring (bicyclic) bond motifs is 1. The number of thiophene rings is 1. The third-order valence-electron chi connectivity index (χ3n) is 3.69. The second kappa shape index (κ2) is 5.79. The van der Waals surface area contributed by atoms with Crippen LogP contribution in [0.1, 0.15) is 22.7 Å². The van der Waals surface area contributed by atoms with Crippen molar-refractivity contribution in [3.63, 3.8) is 0 Å². The number of hydrogen-bond donors (Lipinski definition) is 1. The number of halogens is 1. The van der Waals surface area contributed by atoms with E-state index in [0.29, 0.717) is 0 Å². The van der Waals surface area contributed by atoms with Gasteiger partial charge in [0.1, 0.15) is 5.75 Å². The van der Waals surface area contributed by atoms with E-state index in [2.05, 4.69) is 45.6 Å². The van der Waals surface area contributed by atoms with Crippen molar-refractivity contribution in [1.29, 1.82) is 0 Å². The average Bonchev–Trinajstić information content (AvgIpc) is 2.92. The van der Waals surface area contributed by atoms with Gasteiger partial charge < -0.3 is 10.5 Å². The van der Waals surface area contributed by atoms with Crippen molar-refractivity contribution in [2.45, 2.75) is 13.0 Å². The smallest absolute Gasteiger partial charge is 0.124 e. The number of ether oxygens (including phenoxy) is 1. The molecule has 0 amide bonds. The molecule has 1 aromatic heterocycles. The van der Waals surface area contributed by atoms with E-state index in [1.807, 2.05) is 19.1 Å². The van der Waals surface area contributed by atoms with Gasteiger partial charge in [0.25, 0.3) is 0 Å². The minimum atomic E-state index is -0.201. The van der Waals surface area contributed by atoms with E-state index < -0.39 is 0 Å². The molecule has 3 aromatic rings. The van der Waals surface area contributed by atoms with Gasteiger partial charge in [-0.2, -0.15) is 0 Å². The predicted octanol–water partition coefficient (Wildman–Crippen LogP) is 5.03. The average molecular weight is 362 g/mol. The quantitative estimate of drug-likeness (QED) is 0.709. The van der Waals surface area contributed by atoms with Gasteiger partial charge in [-0.15, -0.1) is 11.3 Å². The molecule has 4 heteroatoms. The summed E-state index contributed by atoms with van der Waals surface area (Å²) in [6, 6.07) is 12.2. The van der Waals surface area contributed by atoms with Crippen LogP contribution in [0.2, 0.25) is 0 Å². The van der Waals surface area contributed by atoms with Gasteiger partial charge in [-0.25, -0.2) is 0 Å². The van der Waals surface area contributed by atoms with Crippen LogP contribution in [0.15, 0.2) is 46.3 Å². The summed E-state index contributed by atoms with van der Waals surface area (Å²) in [5.41, 5.74) is 9.81. The first-order valence-electron chi connectivity index (χ1n) is 6.67. The summed E-state index contributed by atoms with van der Waals surface area (Å²) < 4.78 is 7.82. The first-order valence-corrected chi connectivity index (χ1v) is 8.35. The van der Waals surface area contributed by atoms with Gasteiger partial charge in [0, 0.05) is 14.7 Å². The molecule has 0 saturated heterocycles. The first kappa shape index (κ1) is 14.6. The zero-order valence-corrected chi connectivity index (χ0v) is 14.3. The lowest BCUT2D eigenvalue weighted by Crippen LogP contribution is -2.13. The van der Waals surface area contributed by atoms with E-state index in [4.69, 9.17) is 10.5 Å². The molecular formula is C17H16BrNOS. The Hall–Kier alpha value is -1.36. The third kappa shape index (κ3) is 2.59. The van der Waals surface area contributed by atoms with Crippen molar-refractivity contribution in [1.82, 2.24) is 0 Å². The van der Waals surface area contributed by atoms with Crippen LogP contribution in [-0.2, 0) is 0 Å². The van der Waals surface area contributed by atoms with Crippen molar-refractivity contribution in [2.24, 2.45) is 5.73 Å². The Balaban J connectivity index is 2.14. The molecule has 0 spiro atoms. The fourth-order valence-electron chi connectivity index (χ4n) is 2.50. The molecule has 1 atom stereocenters. The second-order valence-corrected chi connectivity index (χ2v) is 6.77. The second-order valence-electron chi connectivity index (χ2n) is 5.01. The standard InChI is InChI=1S/C17H16BrNOS/c1-10-7-15(20-2)12(8-14(10)18)17(19)13-9-21-16-6-4-3-5-11(13)16/h3-9,17H,19H2,1-2H3. The van der Waals surface area contributed by atoms with Crippen molar-refractivity contribution in [3.05, 3.63) is 62.9 Å². The lowest BCUT2D eigenvalue weighted by molar-refractivity contribution is 0.407. The Bertz CT molecular complexity index is 797. The number of benzene rings is 2. The molecule has 0 bridgehead atoms. The highest BCUT2D eigenvalue weighted by Crippen LogP contribution is 2.37. The molecule has 3 rings (SSSR count). The highest BCUT2D eigenvalue weighted by Gasteiger charge is 2.18. The zero-order valence-electron chi connectivity index (χ0n) is 11.9. The molecule has 0 fully saturated rings. The molecule has 1 heterocycles. The van der Waals surface area contributed by atoms with Gasteiger partial charge in [-0.05, 0) is 47.0 Å². The van der Waals surface area contributed by atoms with Crippen LogP contribution in [0.4, 0.5) is 0 Å². The molecule has 0 aliphatic heterocycles. The number of rotatable bonds is 3. The van der Waals surface area contributed by atoms with Crippen LogP contribution in [-0.4, -0.2) is 7.11 Å². The molecule has 0 aliphatic rings. The molecule has 2 N–H and O–H groups in total. The summed E-state index contributed by atoms with van der Waals surface area (Å²) >= 11 is 5.31. The SMILES string of the molecule is COc1cc(C)c(Br)cc1C(N)c1csc2ccccc12. The Kier molecular flexibility index (Phi) is 4.02. The monoisotopic (exact) mass is 361 g/mol. The fourth-order valence-corrected chi connectivity index (χ4v) is 3.86. The van der Waals surface area contributed by atoms with Crippen molar-refractivity contribution < 1.29 is 4.74 Å². The lowest BCUT2D eigenvalue weighted by Gasteiger charge is -2.17. The number of nitrogens with two attached hydrogens (primary N) is 1. The van der Waals surface area contributed by atoms with Crippen molar-refractivity contribution in [2.75, 3.05) is 7.11 Å². The van der Waals surface area contributed by atoms with Crippen molar-refractivity contribution in [3.8, 4) is 5.75 Å². The van der Waals surface area contributed by atoms with E-state index in [1.54, 1.807) is 18.4 Å². The molecule has 0 radical (unpaired) electrons. The van der Waals surface area contributed by atoms with Crippen molar-refractivity contribution >= 4 is 37.4 Å². The molecule has 2 nitrogen and oxygen atoms in total. The van der Waals surface area contributed by atoms with Gasteiger partial charge in [0.05, 0.1) is 13.2 Å². The summed E-state index contributed by atoms with van der Waals surface area (Å²) in [6.07, 6.45) is 0. The van der Waals surface area contributed by atoms with Crippen LogP contribution in [0.25, 0.3) is 10.1 Å². The maximum Gasteiger partial charge on any atom is 0.124 e. The Morgan fingerprint density at radius 3 is 2.71 bits per heavy atom. The molecule has 0 saturated carbocycles. The first-order chi connectivity index (χ1) is 10.1. The van der Waals surface area contributed by atoms with Gasteiger partial charge in [0.15, 0.2) is 0 Å². The van der Waals surface area contributed by atoms with Crippen LogP contribution < -0.4 is 10.5 Å². The molecule has 2 aromatic carbocycles. The summed E-state index contributed by atoms with van der Waals surface area (Å²) in [4.78, 5) is 0. The number of methoxy groups -OCH3 is 1. The number of aryl methyl sites for hydroxylation is 1. The fraction of sp³-hybridized carbons (Fsp3) is 0.176. The van der Waals surface area contributed by atoms with Crippen LogP contribution in [0.5, 0.6) is 5.75 Å². The van der Waals surface area contributed by atoms with Gasteiger partial charge in [-0.3, -0.25) is 0 Å². The lowest BCUT2D eigenvalue weighted by atomic mass is 9.97. The predicted molar refractivity (Wildman–Crippen MR) is 93.3 cm³/mol.